The molecule has 0 bridgehead atoms. The molecule has 2 aliphatic heterocycles. The van der Waals surface area contributed by atoms with Gasteiger partial charge >= 0.3 is 0 Å². The van der Waals surface area contributed by atoms with Crippen molar-refractivity contribution in [2.75, 3.05) is 4.90 Å². The van der Waals surface area contributed by atoms with Crippen LogP contribution in [-0.2, 0) is 16.2 Å². The summed E-state index contributed by atoms with van der Waals surface area (Å²) in [6.07, 6.45) is 0. The van der Waals surface area contributed by atoms with Crippen LogP contribution in [0.3, 0.4) is 0 Å². The van der Waals surface area contributed by atoms with Crippen LogP contribution >= 0.6 is 0 Å². The molecule has 0 aromatic heterocycles. The van der Waals surface area contributed by atoms with E-state index in [4.69, 9.17) is 9.47 Å². The van der Waals surface area contributed by atoms with Crippen molar-refractivity contribution >= 4 is 17.1 Å². The molecule has 0 saturated carbocycles. The third kappa shape index (κ3) is 6.09. The number of fused-ring (bicyclic) bond motifs is 21. The van der Waals surface area contributed by atoms with Gasteiger partial charge in [0, 0.05) is 39.3 Å². The Hall–Kier alpha value is -10.7. The Kier molecular flexibility index (Phi) is 9.86. The molecule has 2 heterocycles. The summed E-state index contributed by atoms with van der Waals surface area (Å²) in [7, 11) is 0. The summed E-state index contributed by atoms with van der Waals surface area (Å²) in [6, 6.07) is 114. The third-order valence-electron chi connectivity index (χ3n) is 19.1. The van der Waals surface area contributed by atoms with Gasteiger partial charge in [-0.1, -0.05) is 249 Å². The number of nitrogens with zero attached hydrogens (tertiary/aromatic N) is 1. The van der Waals surface area contributed by atoms with E-state index < -0.39 is 16.2 Å². The van der Waals surface area contributed by atoms with E-state index in [0.717, 1.165) is 67.9 Å². The quantitative estimate of drug-likeness (QED) is 0.166. The lowest BCUT2D eigenvalue weighted by Crippen LogP contribution is -2.32. The molecule has 13 aromatic rings. The van der Waals surface area contributed by atoms with E-state index in [0.29, 0.717) is 0 Å². The lowest BCUT2D eigenvalue weighted by atomic mass is 9.66. The zero-order valence-electron chi connectivity index (χ0n) is 45.7. The van der Waals surface area contributed by atoms with Gasteiger partial charge in [-0.3, -0.25) is 0 Å². The maximum Gasteiger partial charge on any atom is 0.132 e. The second-order valence-corrected chi connectivity index (χ2v) is 22.9. The van der Waals surface area contributed by atoms with E-state index in [-0.39, 0.29) is 0 Å². The molecular weight excluding hydrogens is 1020 g/mol. The van der Waals surface area contributed by atoms with E-state index in [1.807, 2.05) is 0 Å². The van der Waals surface area contributed by atoms with Crippen LogP contribution < -0.4 is 14.4 Å². The molecule has 0 radical (unpaired) electrons. The summed E-state index contributed by atoms with van der Waals surface area (Å²) in [4.78, 5) is 2.50. The van der Waals surface area contributed by atoms with Crippen molar-refractivity contribution in [3.05, 3.63) is 376 Å². The summed E-state index contributed by atoms with van der Waals surface area (Å²) >= 11 is 0. The Morgan fingerprint density at radius 1 is 0.214 bits per heavy atom. The highest BCUT2D eigenvalue weighted by molar-refractivity contribution is 5.98. The molecule has 3 nitrogen and oxygen atoms in total. The average Bonchev–Trinajstić information content (AvgIpc) is 2.41. The molecule has 0 amide bonds. The minimum atomic E-state index is -0.596. The highest BCUT2D eigenvalue weighted by atomic mass is 16.5. The zero-order chi connectivity index (χ0) is 55.1. The number of hydrogen-bond acceptors (Lipinski definition) is 3. The molecule has 0 unspecified atom stereocenters. The van der Waals surface area contributed by atoms with Gasteiger partial charge in [0.05, 0.1) is 16.2 Å². The zero-order valence-corrected chi connectivity index (χ0v) is 45.7. The van der Waals surface area contributed by atoms with Gasteiger partial charge < -0.3 is 14.4 Å². The number of ether oxygens (including phenoxy) is 2. The predicted molar refractivity (Wildman–Crippen MR) is 339 cm³/mol. The topological polar surface area (TPSA) is 21.7 Å². The predicted octanol–water partition coefficient (Wildman–Crippen LogP) is 20.1. The van der Waals surface area contributed by atoms with Crippen LogP contribution in [0.1, 0.15) is 66.8 Å². The number of rotatable bonds is 6. The molecule has 5 aliphatic rings. The fraction of sp³-hybridized carbons (Fsp3) is 0.0370. The van der Waals surface area contributed by atoms with Crippen LogP contribution in [0, 0.1) is 0 Å². The molecule has 0 saturated heterocycles. The van der Waals surface area contributed by atoms with Crippen LogP contribution in [0.5, 0.6) is 23.0 Å². The number of benzene rings is 13. The van der Waals surface area contributed by atoms with E-state index in [9.17, 15) is 0 Å². The second kappa shape index (κ2) is 17.6. The van der Waals surface area contributed by atoms with Crippen molar-refractivity contribution in [3.8, 4) is 67.5 Å². The van der Waals surface area contributed by atoms with Crippen molar-refractivity contribution < 1.29 is 9.47 Å². The van der Waals surface area contributed by atoms with Crippen molar-refractivity contribution in [2.24, 2.45) is 0 Å². The first-order chi connectivity index (χ1) is 41.7. The number of anilines is 3. The highest BCUT2D eigenvalue weighted by Gasteiger charge is 2.53. The maximum atomic E-state index is 6.75. The molecule has 0 atom stereocenters. The van der Waals surface area contributed by atoms with Gasteiger partial charge in [-0.25, -0.2) is 0 Å². The number of hydrogen-bond donors (Lipinski definition) is 0. The maximum absolute atomic E-state index is 6.75. The van der Waals surface area contributed by atoms with E-state index in [1.54, 1.807) is 0 Å². The first kappa shape index (κ1) is 47.0. The van der Waals surface area contributed by atoms with Gasteiger partial charge in [0.2, 0.25) is 0 Å². The molecule has 2 spiro atoms. The molecule has 0 N–H and O–H groups in total. The van der Waals surface area contributed by atoms with Crippen molar-refractivity contribution in [3.63, 3.8) is 0 Å². The Labute approximate surface area is 488 Å². The number of para-hydroxylation sites is 4. The first-order valence-electron chi connectivity index (χ1n) is 29.1. The summed E-state index contributed by atoms with van der Waals surface area (Å²) in [5, 5.41) is 0. The fourth-order valence-corrected chi connectivity index (χ4v) is 16.0. The average molecular weight is 1070 g/mol. The van der Waals surface area contributed by atoms with Crippen LogP contribution in [0.25, 0.3) is 44.5 Å². The van der Waals surface area contributed by atoms with Crippen molar-refractivity contribution in [2.45, 2.75) is 16.2 Å². The standard InChI is InChI=1S/C81H51NO2/c1-3-24-53(25-4-1)79(54-26-5-2-6-27-54)66-35-12-9-31-61(66)78-58(32-22-40-73(78)79)52-23-21-28-55(49-52)82(56-45-47-67-62(50-56)59-29-7-10-33-64(59)80(67)69-36-13-17-41-74(69)83-75-42-18-14-37-70(75)80)57-46-48-68-63(51-57)60-30-8-11-34-65(60)81(68)71-38-15-19-43-76(71)84-77-44-20-16-39-72(77)81/h1-51H. The molecule has 0 fully saturated rings. The van der Waals surface area contributed by atoms with Gasteiger partial charge in [0.15, 0.2) is 0 Å². The normalized spacial score (nSPS) is 14.7. The largest absolute Gasteiger partial charge is 0.457 e. The summed E-state index contributed by atoms with van der Waals surface area (Å²) in [5.41, 5.74) is 25.8. The first-order valence-corrected chi connectivity index (χ1v) is 29.1. The molecule has 18 rings (SSSR count). The Morgan fingerprint density at radius 3 is 1.04 bits per heavy atom. The Balaban J connectivity index is 0.882. The van der Waals surface area contributed by atoms with Crippen LogP contribution in [0.15, 0.2) is 309 Å². The molecule has 3 heteroatoms. The van der Waals surface area contributed by atoms with Crippen molar-refractivity contribution in [1.82, 2.24) is 0 Å². The lowest BCUT2D eigenvalue weighted by Gasteiger charge is -2.39. The molecule has 392 valence electrons. The Bertz CT molecular complexity index is 4560. The smallest absolute Gasteiger partial charge is 0.132 e. The molecule has 13 aromatic carbocycles. The van der Waals surface area contributed by atoms with Gasteiger partial charge in [0.25, 0.3) is 0 Å². The minimum Gasteiger partial charge on any atom is -0.457 e. The minimum absolute atomic E-state index is 0.527. The fourth-order valence-electron chi connectivity index (χ4n) is 16.0. The molecule has 84 heavy (non-hydrogen) atoms. The van der Waals surface area contributed by atoms with Gasteiger partial charge in [0.1, 0.15) is 23.0 Å². The molecule has 3 aliphatic carbocycles. The third-order valence-corrected chi connectivity index (χ3v) is 19.1. The van der Waals surface area contributed by atoms with Crippen LogP contribution in [0.2, 0.25) is 0 Å². The second-order valence-electron chi connectivity index (χ2n) is 22.9. The van der Waals surface area contributed by atoms with Gasteiger partial charge in [-0.15, -0.1) is 0 Å². The van der Waals surface area contributed by atoms with E-state index in [1.165, 1.54) is 83.5 Å². The van der Waals surface area contributed by atoms with Crippen molar-refractivity contribution in [1.29, 1.82) is 0 Å². The molecular formula is C81H51NO2. The van der Waals surface area contributed by atoms with Crippen LogP contribution in [0.4, 0.5) is 17.1 Å². The lowest BCUT2D eigenvalue weighted by molar-refractivity contribution is 0.436. The van der Waals surface area contributed by atoms with E-state index >= 15 is 0 Å². The van der Waals surface area contributed by atoms with Gasteiger partial charge in [-0.05, 0) is 150 Å². The van der Waals surface area contributed by atoms with Gasteiger partial charge in [-0.2, -0.15) is 0 Å². The summed E-state index contributed by atoms with van der Waals surface area (Å²) in [6.45, 7) is 0. The van der Waals surface area contributed by atoms with Crippen LogP contribution in [-0.4, -0.2) is 0 Å². The highest BCUT2D eigenvalue weighted by Crippen LogP contribution is 2.65. The summed E-state index contributed by atoms with van der Waals surface area (Å²) < 4.78 is 13.5. The monoisotopic (exact) mass is 1070 g/mol. The SMILES string of the molecule is c1ccc(C2(c3ccccc3)c3ccccc3-c3c(-c4cccc(N(c5ccc6c(c5)-c5ccccc5C65c6ccccc6Oc6ccccc65)c5ccc6c(c5)-c5ccccc5C65c6ccccc6Oc6ccccc65)c4)cccc32)cc1. The van der Waals surface area contributed by atoms with E-state index in [2.05, 4.69) is 314 Å². The Morgan fingerprint density at radius 2 is 0.560 bits per heavy atom. The summed E-state index contributed by atoms with van der Waals surface area (Å²) in [5.74, 6) is 3.53.